The molecule has 2 aliphatic carbocycles. The predicted octanol–water partition coefficient (Wildman–Crippen LogP) is 19.0. The highest BCUT2D eigenvalue weighted by molar-refractivity contribution is 5.46. The van der Waals surface area contributed by atoms with Crippen LogP contribution in [0.25, 0.3) is 0 Å². The van der Waals surface area contributed by atoms with E-state index in [4.69, 9.17) is 0 Å². The molecule has 62 heavy (non-hydrogen) atoms. The van der Waals surface area contributed by atoms with Crippen molar-refractivity contribution < 1.29 is 10.2 Å². The predicted molar refractivity (Wildman–Crippen MR) is 274 cm³/mol. The Labute approximate surface area is 384 Å². The average molecular weight is 849 g/mol. The highest BCUT2D eigenvalue weighted by atomic mass is 16.3. The topological polar surface area (TPSA) is 40.5 Å². The molecule has 0 aromatic heterocycles. The first kappa shape index (κ1) is 53.3. The van der Waals surface area contributed by atoms with E-state index >= 15 is 0 Å². The van der Waals surface area contributed by atoms with Gasteiger partial charge in [-0.05, 0) is 97.8 Å². The van der Waals surface area contributed by atoms with E-state index in [1.165, 1.54) is 183 Å². The van der Waals surface area contributed by atoms with Crippen molar-refractivity contribution in [1.82, 2.24) is 0 Å². The van der Waals surface area contributed by atoms with Crippen molar-refractivity contribution in [2.75, 3.05) is 0 Å². The molecular formula is C60H96O2. The molecule has 0 heterocycles. The highest BCUT2D eigenvalue weighted by Gasteiger charge is 2.27. The SMILES string of the molecule is CCCCCCCCCCCCCCCCC(C)c1cc(C)cc(CCCCCCCCCCCC)c1O.Cc1cc(CC2(C)C=CC=CC2)c(O)c(CC2(C)C=CC=CC2)c1. The summed E-state index contributed by atoms with van der Waals surface area (Å²) >= 11 is 0. The van der Waals surface area contributed by atoms with E-state index in [1.54, 1.807) is 0 Å². The molecule has 2 heteroatoms. The molecule has 348 valence electrons. The van der Waals surface area contributed by atoms with Gasteiger partial charge < -0.3 is 10.2 Å². The lowest BCUT2D eigenvalue weighted by Gasteiger charge is -2.29. The maximum absolute atomic E-state index is 11.0. The standard InChI is InChI=1S/C37H68O.C23H28O/c1-5-7-9-11-13-15-17-18-19-20-21-23-25-27-29-34(4)36-32-33(3)31-35(37(36)38)30-28-26-24-22-16-14-12-10-8-6-2;1-18-14-19(16-22(2)10-6-4-7-11-22)21(24)20(15-18)17-23(3)12-8-5-9-13-23/h31-32,34,38H,5-30H2,1-4H3;4-10,12,14-15,24H,11,13,16-17H2,1-3H3. The molecule has 4 rings (SSSR count). The van der Waals surface area contributed by atoms with Crippen LogP contribution in [0.1, 0.15) is 247 Å². The summed E-state index contributed by atoms with van der Waals surface area (Å²) in [7, 11) is 0. The largest absolute Gasteiger partial charge is 0.507 e. The summed E-state index contributed by atoms with van der Waals surface area (Å²) in [5.74, 6) is 1.55. The molecule has 0 saturated heterocycles. The second-order valence-corrected chi connectivity index (χ2v) is 20.7. The number of hydrogen-bond acceptors (Lipinski definition) is 2. The molecular weight excluding hydrogens is 753 g/mol. The Bertz CT molecular complexity index is 1560. The molecule has 0 saturated carbocycles. The van der Waals surface area contributed by atoms with Crippen molar-refractivity contribution in [1.29, 1.82) is 0 Å². The number of phenols is 2. The Kier molecular flexibility index (Phi) is 26.6. The lowest BCUT2D eigenvalue weighted by molar-refractivity contribution is 0.390. The van der Waals surface area contributed by atoms with E-state index in [-0.39, 0.29) is 10.8 Å². The van der Waals surface area contributed by atoms with Crippen LogP contribution < -0.4 is 0 Å². The van der Waals surface area contributed by atoms with Crippen molar-refractivity contribution in [3.63, 3.8) is 0 Å². The van der Waals surface area contributed by atoms with Gasteiger partial charge in [-0.25, -0.2) is 0 Å². The second kappa shape index (κ2) is 31.0. The molecule has 3 unspecified atom stereocenters. The van der Waals surface area contributed by atoms with Crippen LogP contribution in [0.15, 0.2) is 72.9 Å². The second-order valence-electron chi connectivity index (χ2n) is 20.7. The van der Waals surface area contributed by atoms with Gasteiger partial charge in [0.25, 0.3) is 0 Å². The summed E-state index contributed by atoms with van der Waals surface area (Å²) in [6.07, 6.45) is 56.9. The Morgan fingerprint density at radius 2 is 0.839 bits per heavy atom. The van der Waals surface area contributed by atoms with Crippen LogP contribution >= 0.6 is 0 Å². The number of aryl methyl sites for hydroxylation is 3. The van der Waals surface area contributed by atoms with Crippen LogP contribution in [0.3, 0.4) is 0 Å². The molecule has 2 N–H and O–H groups in total. The summed E-state index contributed by atoms with van der Waals surface area (Å²) < 4.78 is 0. The van der Waals surface area contributed by atoms with E-state index in [1.807, 2.05) is 0 Å². The fraction of sp³-hybridized carbons (Fsp3) is 0.667. The molecule has 2 aromatic rings. The Morgan fingerprint density at radius 1 is 0.468 bits per heavy atom. The zero-order valence-corrected chi connectivity index (χ0v) is 41.6. The summed E-state index contributed by atoms with van der Waals surface area (Å²) in [5, 5.41) is 22.0. The minimum absolute atomic E-state index is 0.0919. The first-order valence-corrected chi connectivity index (χ1v) is 26.3. The van der Waals surface area contributed by atoms with Gasteiger partial charge in [0.15, 0.2) is 0 Å². The Morgan fingerprint density at radius 3 is 1.24 bits per heavy atom. The number of benzene rings is 2. The van der Waals surface area contributed by atoms with Crippen LogP contribution in [0.2, 0.25) is 0 Å². The van der Waals surface area contributed by atoms with Gasteiger partial charge in [-0.15, -0.1) is 0 Å². The molecule has 2 aromatic carbocycles. The van der Waals surface area contributed by atoms with E-state index in [9.17, 15) is 10.2 Å². The molecule has 0 amide bonds. The van der Waals surface area contributed by atoms with E-state index in [0.29, 0.717) is 17.4 Å². The molecule has 2 nitrogen and oxygen atoms in total. The van der Waals surface area contributed by atoms with Crippen molar-refractivity contribution in [2.24, 2.45) is 10.8 Å². The minimum atomic E-state index is 0.0919. The minimum Gasteiger partial charge on any atom is -0.507 e. The molecule has 0 spiro atoms. The monoisotopic (exact) mass is 849 g/mol. The van der Waals surface area contributed by atoms with E-state index < -0.39 is 0 Å². The Hall–Kier alpha value is -3.00. The van der Waals surface area contributed by atoms with Crippen LogP contribution in [-0.2, 0) is 19.3 Å². The molecule has 0 bridgehead atoms. The Balaban J connectivity index is 0.000000363. The fourth-order valence-corrected chi connectivity index (χ4v) is 9.93. The first-order chi connectivity index (χ1) is 30.0. The van der Waals surface area contributed by atoms with Gasteiger partial charge in [-0.3, -0.25) is 0 Å². The number of allylic oxidation sites excluding steroid dienone is 8. The van der Waals surface area contributed by atoms with Gasteiger partial charge in [0.2, 0.25) is 0 Å². The molecule has 3 atom stereocenters. The maximum atomic E-state index is 11.0. The highest BCUT2D eigenvalue weighted by Crippen LogP contribution is 2.40. The zero-order chi connectivity index (χ0) is 44.9. The number of rotatable bonds is 31. The summed E-state index contributed by atoms with van der Waals surface area (Å²) in [6, 6.07) is 8.77. The summed E-state index contributed by atoms with van der Waals surface area (Å²) in [6.45, 7) is 15.8. The number of aromatic hydroxyl groups is 2. The van der Waals surface area contributed by atoms with Crippen LogP contribution in [-0.4, -0.2) is 10.2 Å². The molecule has 0 aliphatic heterocycles. The van der Waals surface area contributed by atoms with Gasteiger partial charge in [0.05, 0.1) is 0 Å². The maximum Gasteiger partial charge on any atom is 0.122 e. The smallest absolute Gasteiger partial charge is 0.122 e. The third-order valence-corrected chi connectivity index (χ3v) is 13.9. The third-order valence-electron chi connectivity index (χ3n) is 13.9. The average Bonchev–Trinajstić information content (AvgIpc) is 3.24. The van der Waals surface area contributed by atoms with Crippen molar-refractivity contribution in [3.8, 4) is 11.5 Å². The van der Waals surface area contributed by atoms with Crippen LogP contribution in [0.4, 0.5) is 0 Å². The molecule has 0 fully saturated rings. The normalized spacial score (nSPS) is 18.6. The third kappa shape index (κ3) is 21.6. The van der Waals surface area contributed by atoms with Gasteiger partial charge in [0.1, 0.15) is 11.5 Å². The van der Waals surface area contributed by atoms with Crippen molar-refractivity contribution in [2.45, 2.75) is 247 Å². The first-order valence-electron chi connectivity index (χ1n) is 26.3. The lowest BCUT2D eigenvalue weighted by atomic mass is 9.75. The van der Waals surface area contributed by atoms with Gasteiger partial charge in [-0.2, -0.15) is 0 Å². The van der Waals surface area contributed by atoms with E-state index in [2.05, 4.69) is 121 Å². The quantitative estimate of drug-likeness (QED) is 0.0742. The summed E-state index contributed by atoms with van der Waals surface area (Å²) in [4.78, 5) is 0. The number of hydrogen-bond donors (Lipinski definition) is 2. The summed E-state index contributed by atoms with van der Waals surface area (Å²) in [5.41, 5.74) is 7.26. The number of phenolic OH excluding ortho intramolecular Hbond substituents is 2. The molecule has 2 aliphatic rings. The van der Waals surface area contributed by atoms with Gasteiger partial charge in [-0.1, -0.05) is 266 Å². The lowest BCUT2D eigenvalue weighted by Crippen LogP contribution is -2.19. The zero-order valence-electron chi connectivity index (χ0n) is 41.6. The van der Waals surface area contributed by atoms with Gasteiger partial charge in [0, 0.05) is 0 Å². The number of unbranched alkanes of at least 4 members (excludes halogenated alkanes) is 22. The van der Waals surface area contributed by atoms with Gasteiger partial charge >= 0.3 is 0 Å². The van der Waals surface area contributed by atoms with Crippen LogP contribution in [0.5, 0.6) is 11.5 Å². The van der Waals surface area contributed by atoms with Crippen LogP contribution in [0, 0.1) is 24.7 Å². The fourth-order valence-electron chi connectivity index (χ4n) is 9.93. The van der Waals surface area contributed by atoms with Crippen molar-refractivity contribution in [3.05, 3.63) is 106 Å². The van der Waals surface area contributed by atoms with E-state index in [0.717, 1.165) is 43.2 Å². The van der Waals surface area contributed by atoms with Crippen molar-refractivity contribution >= 4 is 0 Å². The molecule has 0 radical (unpaired) electrons.